The third-order valence-corrected chi connectivity index (χ3v) is 9.59. The molecular weight excluding hydrogens is 554 g/mol. The third-order valence-electron chi connectivity index (χ3n) is 8.42. The van der Waals surface area contributed by atoms with Gasteiger partial charge in [0.25, 0.3) is 0 Å². The summed E-state index contributed by atoms with van der Waals surface area (Å²) in [7, 11) is 0. The Morgan fingerprint density at radius 2 is 1.33 bits per heavy atom. The monoisotopic (exact) mass is 619 g/mol. The molecule has 0 radical (unpaired) electrons. The summed E-state index contributed by atoms with van der Waals surface area (Å²) in [6.07, 6.45) is 24.2. The Hall–Kier alpha value is -1.24. The molecule has 0 spiro atoms. The van der Waals surface area contributed by atoms with Gasteiger partial charge in [0.2, 0.25) is 0 Å². The first-order valence-electron chi connectivity index (χ1n) is 17.9. The lowest BCUT2D eigenvalue weighted by Crippen LogP contribution is -2.49. The summed E-state index contributed by atoms with van der Waals surface area (Å²) >= 11 is 1.91. The van der Waals surface area contributed by atoms with Crippen molar-refractivity contribution in [3.63, 3.8) is 0 Å². The maximum atomic E-state index is 12.9. The van der Waals surface area contributed by atoms with E-state index in [0.29, 0.717) is 0 Å². The normalized spacial score (nSPS) is 18.5. The molecule has 1 N–H and O–H groups in total. The van der Waals surface area contributed by atoms with Gasteiger partial charge in [-0.2, -0.15) is 11.8 Å². The summed E-state index contributed by atoms with van der Waals surface area (Å²) in [5.41, 5.74) is 0.984. The summed E-state index contributed by atoms with van der Waals surface area (Å²) in [4.78, 5) is 12.9. The van der Waals surface area contributed by atoms with Gasteiger partial charge in [0.05, 0.1) is 12.1 Å². The van der Waals surface area contributed by atoms with Crippen molar-refractivity contribution in [3.8, 4) is 0 Å². The van der Waals surface area contributed by atoms with E-state index < -0.39 is 5.79 Å². The molecular formula is C37H65NO4S. The van der Waals surface area contributed by atoms with Gasteiger partial charge in [0.15, 0.2) is 5.79 Å². The predicted octanol–water partition coefficient (Wildman–Crippen LogP) is 11.0. The lowest BCUT2D eigenvalue weighted by molar-refractivity contribution is -0.148. The van der Waals surface area contributed by atoms with Gasteiger partial charge in [-0.05, 0) is 38.0 Å². The number of hydrogen-bond donors (Lipinski definition) is 1. The first kappa shape index (κ1) is 37.9. The Bertz CT molecular complexity index is 805. The maximum absolute atomic E-state index is 12.9. The van der Waals surface area contributed by atoms with Crippen molar-refractivity contribution in [1.29, 1.82) is 0 Å². The van der Waals surface area contributed by atoms with Crippen LogP contribution in [0, 0.1) is 0 Å². The molecule has 1 heterocycles. The van der Waals surface area contributed by atoms with Gasteiger partial charge in [0, 0.05) is 5.75 Å². The van der Waals surface area contributed by atoms with E-state index in [-0.39, 0.29) is 30.9 Å². The largest absolute Gasteiger partial charge is 0.445 e. The van der Waals surface area contributed by atoms with Gasteiger partial charge in [-0.25, -0.2) is 4.79 Å². The van der Waals surface area contributed by atoms with Crippen LogP contribution < -0.4 is 5.32 Å². The summed E-state index contributed by atoms with van der Waals surface area (Å²) in [5.74, 6) is 1.25. The minimum atomic E-state index is -0.649. The molecule has 0 bridgehead atoms. The average molecular weight is 620 g/mol. The van der Waals surface area contributed by atoms with Crippen LogP contribution in [0.3, 0.4) is 0 Å². The summed E-state index contributed by atoms with van der Waals surface area (Å²) in [6, 6.07) is 9.69. The number of alkyl carbamates (subject to hydrolysis) is 1. The minimum absolute atomic E-state index is 0.0211. The maximum Gasteiger partial charge on any atom is 0.407 e. The first-order chi connectivity index (χ1) is 20.9. The molecule has 1 aliphatic rings. The number of unbranched alkanes of at least 4 members (excludes halogenated alkanes) is 16. The Morgan fingerprint density at radius 3 is 1.91 bits per heavy atom. The molecule has 1 fully saturated rings. The van der Waals surface area contributed by atoms with E-state index in [1.165, 1.54) is 109 Å². The van der Waals surface area contributed by atoms with Crippen LogP contribution in [-0.2, 0) is 20.8 Å². The summed E-state index contributed by atoms with van der Waals surface area (Å²) < 4.78 is 18.5. The molecule has 0 aliphatic carbocycles. The number of rotatable bonds is 26. The zero-order chi connectivity index (χ0) is 31.0. The SMILES string of the molecule is CCCCCCCCCCCCCC[C@H]1OC(C)(C)O[C@H]1[C@H](CSCCCCCCCC)NC(=O)OCc1ccccc1. The van der Waals surface area contributed by atoms with Crippen molar-refractivity contribution >= 4 is 17.9 Å². The number of benzene rings is 1. The van der Waals surface area contributed by atoms with Crippen molar-refractivity contribution in [2.45, 2.75) is 180 Å². The molecule has 43 heavy (non-hydrogen) atoms. The van der Waals surface area contributed by atoms with Gasteiger partial charge < -0.3 is 19.5 Å². The van der Waals surface area contributed by atoms with Crippen LogP contribution in [0.25, 0.3) is 0 Å². The lowest BCUT2D eigenvalue weighted by atomic mass is 10.00. The number of carbonyl (C=O) groups is 1. The highest BCUT2D eigenvalue weighted by Gasteiger charge is 2.45. The van der Waals surface area contributed by atoms with Crippen LogP contribution in [-0.4, -0.2) is 41.6 Å². The van der Waals surface area contributed by atoms with E-state index in [0.717, 1.165) is 29.9 Å². The van der Waals surface area contributed by atoms with Gasteiger partial charge in [-0.1, -0.05) is 153 Å². The van der Waals surface area contributed by atoms with Gasteiger partial charge in [0.1, 0.15) is 12.7 Å². The number of hydrogen-bond acceptors (Lipinski definition) is 5. The molecule has 1 saturated heterocycles. The molecule has 5 nitrogen and oxygen atoms in total. The topological polar surface area (TPSA) is 56.8 Å². The summed E-state index contributed by atoms with van der Waals surface area (Å²) in [6.45, 7) is 8.80. The molecule has 1 amide bonds. The second-order valence-electron chi connectivity index (χ2n) is 13.0. The second kappa shape index (κ2) is 24.1. The zero-order valence-electron chi connectivity index (χ0n) is 28.2. The standard InChI is InChI=1S/C37H65NO4S/c1-5-7-9-11-13-14-15-16-17-18-19-24-28-34-35(42-37(3,4)41-34)33(31-43-29-25-20-12-10-8-6-2)38-36(39)40-30-32-26-22-21-23-27-32/h21-23,26-27,33-35H,5-20,24-25,28-31H2,1-4H3,(H,38,39)/t33-,34+,35-/m0/s1. The Balaban J connectivity index is 1.80. The minimum Gasteiger partial charge on any atom is -0.445 e. The van der Waals surface area contributed by atoms with Crippen LogP contribution >= 0.6 is 11.8 Å². The van der Waals surface area contributed by atoms with E-state index in [9.17, 15) is 4.79 Å². The second-order valence-corrected chi connectivity index (χ2v) is 14.1. The summed E-state index contributed by atoms with van der Waals surface area (Å²) in [5, 5.41) is 3.17. The van der Waals surface area contributed by atoms with Crippen LogP contribution in [0.1, 0.15) is 155 Å². The van der Waals surface area contributed by atoms with E-state index >= 15 is 0 Å². The zero-order valence-corrected chi connectivity index (χ0v) is 29.0. The smallest absolute Gasteiger partial charge is 0.407 e. The Morgan fingerprint density at radius 1 is 0.791 bits per heavy atom. The molecule has 3 atom stereocenters. The molecule has 2 rings (SSSR count). The van der Waals surface area contributed by atoms with Crippen LogP contribution in [0.4, 0.5) is 4.79 Å². The molecule has 6 heteroatoms. The van der Waals surface area contributed by atoms with Gasteiger partial charge in [-0.3, -0.25) is 0 Å². The van der Waals surface area contributed by atoms with E-state index in [1.54, 1.807) is 0 Å². The lowest BCUT2D eigenvalue weighted by Gasteiger charge is -2.27. The number of ether oxygens (including phenoxy) is 3. The van der Waals surface area contributed by atoms with Crippen LogP contribution in [0.2, 0.25) is 0 Å². The molecule has 0 aromatic heterocycles. The van der Waals surface area contributed by atoms with Crippen molar-refractivity contribution in [2.24, 2.45) is 0 Å². The van der Waals surface area contributed by atoms with Crippen LogP contribution in [0.5, 0.6) is 0 Å². The third kappa shape index (κ3) is 18.4. The first-order valence-corrected chi connectivity index (χ1v) is 19.0. The number of amides is 1. The molecule has 0 unspecified atom stereocenters. The number of thioether (sulfide) groups is 1. The number of nitrogens with one attached hydrogen (secondary N) is 1. The van der Waals surface area contributed by atoms with Gasteiger partial charge >= 0.3 is 6.09 Å². The molecule has 1 aromatic carbocycles. The van der Waals surface area contributed by atoms with Crippen LogP contribution in [0.15, 0.2) is 30.3 Å². The fraction of sp³-hybridized carbons (Fsp3) is 0.811. The van der Waals surface area contributed by atoms with E-state index in [4.69, 9.17) is 14.2 Å². The van der Waals surface area contributed by atoms with E-state index in [1.807, 2.05) is 55.9 Å². The van der Waals surface area contributed by atoms with Crippen molar-refractivity contribution in [1.82, 2.24) is 5.32 Å². The molecule has 0 saturated carbocycles. The van der Waals surface area contributed by atoms with Crippen molar-refractivity contribution in [2.75, 3.05) is 11.5 Å². The Labute approximate surface area is 269 Å². The highest BCUT2D eigenvalue weighted by atomic mass is 32.2. The fourth-order valence-corrected chi connectivity index (χ4v) is 7.05. The molecule has 248 valence electrons. The van der Waals surface area contributed by atoms with E-state index in [2.05, 4.69) is 19.2 Å². The van der Waals surface area contributed by atoms with Crippen molar-refractivity contribution in [3.05, 3.63) is 35.9 Å². The molecule has 1 aromatic rings. The average Bonchev–Trinajstić information content (AvgIpc) is 3.31. The highest BCUT2D eigenvalue weighted by molar-refractivity contribution is 7.99. The fourth-order valence-electron chi connectivity index (χ4n) is 5.94. The highest BCUT2D eigenvalue weighted by Crippen LogP contribution is 2.34. The molecule has 1 aliphatic heterocycles. The number of carbonyl (C=O) groups excluding carboxylic acids is 1. The Kier molecular flexibility index (Phi) is 21.2. The predicted molar refractivity (Wildman–Crippen MR) is 184 cm³/mol. The van der Waals surface area contributed by atoms with Crippen molar-refractivity contribution < 1.29 is 19.0 Å². The van der Waals surface area contributed by atoms with Gasteiger partial charge in [-0.15, -0.1) is 0 Å². The quantitative estimate of drug-likeness (QED) is 0.105.